The van der Waals surface area contributed by atoms with Crippen LogP contribution in [0.2, 0.25) is 5.02 Å². The Labute approximate surface area is 141 Å². The van der Waals surface area contributed by atoms with E-state index in [-0.39, 0.29) is 5.91 Å². The Balaban J connectivity index is 1.59. The fourth-order valence-electron chi connectivity index (χ4n) is 2.81. The molecule has 1 aliphatic rings. The molecule has 0 unspecified atom stereocenters. The number of nitrogens with zero attached hydrogens (tertiary/aromatic N) is 4. The van der Waals surface area contributed by atoms with Crippen LogP contribution < -0.4 is 4.90 Å². The lowest BCUT2D eigenvalue weighted by Crippen LogP contribution is -2.48. The van der Waals surface area contributed by atoms with Gasteiger partial charge in [-0.2, -0.15) is 5.10 Å². The van der Waals surface area contributed by atoms with E-state index in [0.717, 1.165) is 36.8 Å². The Kier molecular flexibility index (Phi) is 4.86. The summed E-state index contributed by atoms with van der Waals surface area (Å²) in [6, 6.07) is 9.64. The monoisotopic (exact) mass is 332 g/mol. The van der Waals surface area contributed by atoms with E-state index >= 15 is 0 Å². The number of hydrogen-bond acceptors (Lipinski definition) is 3. The van der Waals surface area contributed by atoms with Crippen LogP contribution in [0, 0.1) is 0 Å². The van der Waals surface area contributed by atoms with Crippen molar-refractivity contribution in [3.8, 4) is 0 Å². The van der Waals surface area contributed by atoms with Gasteiger partial charge in [0.25, 0.3) is 5.91 Å². The highest BCUT2D eigenvalue weighted by Crippen LogP contribution is 2.20. The maximum atomic E-state index is 12.5. The number of piperazine rings is 1. The maximum absolute atomic E-state index is 12.5. The van der Waals surface area contributed by atoms with E-state index in [2.05, 4.69) is 16.9 Å². The van der Waals surface area contributed by atoms with Gasteiger partial charge in [-0.3, -0.25) is 9.48 Å². The highest BCUT2D eigenvalue weighted by Gasteiger charge is 2.23. The maximum Gasteiger partial charge on any atom is 0.274 e. The molecule has 0 spiro atoms. The quantitative estimate of drug-likeness (QED) is 0.864. The molecule has 0 N–H and O–H groups in total. The van der Waals surface area contributed by atoms with Crippen LogP contribution in [-0.2, 0) is 6.54 Å². The summed E-state index contributed by atoms with van der Waals surface area (Å²) >= 11 is 5.93. The first kappa shape index (κ1) is 15.9. The number of amides is 1. The molecule has 5 nitrogen and oxygen atoms in total. The molecule has 0 saturated carbocycles. The molecule has 6 heteroatoms. The van der Waals surface area contributed by atoms with Gasteiger partial charge in [-0.25, -0.2) is 0 Å². The molecule has 0 atom stereocenters. The van der Waals surface area contributed by atoms with Crippen molar-refractivity contribution in [1.82, 2.24) is 14.7 Å². The number of rotatable bonds is 4. The summed E-state index contributed by atoms with van der Waals surface area (Å²) in [7, 11) is 0. The predicted octanol–water partition coefficient (Wildman–Crippen LogP) is 2.91. The average molecular weight is 333 g/mol. The molecule has 23 heavy (non-hydrogen) atoms. The summed E-state index contributed by atoms with van der Waals surface area (Å²) in [4.78, 5) is 16.7. The van der Waals surface area contributed by atoms with Crippen molar-refractivity contribution >= 4 is 23.2 Å². The third-order valence-corrected chi connectivity index (χ3v) is 4.32. The van der Waals surface area contributed by atoms with Crippen molar-refractivity contribution < 1.29 is 4.79 Å². The second kappa shape index (κ2) is 7.04. The van der Waals surface area contributed by atoms with E-state index in [1.807, 2.05) is 46.1 Å². The molecule has 0 aliphatic carbocycles. The van der Waals surface area contributed by atoms with Crippen LogP contribution in [0.25, 0.3) is 0 Å². The lowest BCUT2D eigenvalue weighted by atomic mass is 10.2. The van der Waals surface area contributed by atoms with Gasteiger partial charge in [0.05, 0.1) is 0 Å². The number of carbonyl (C=O) groups excluding carboxylic acids is 1. The number of aromatic nitrogens is 2. The number of carbonyl (C=O) groups is 1. The standard InChI is InChI=1S/C17H21ClN4O/c1-2-8-22-9-7-16(19-22)17(23)21-12-10-20(11-13-21)15-5-3-14(18)4-6-15/h3-7,9H,2,8,10-13H2,1H3. The number of aryl methyl sites for hydroxylation is 1. The molecular formula is C17H21ClN4O. The predicted molar refractivity (Wildman–Crippen MR) is 92.1 cm³/mol. The Hall–Kier alpha value is -2.01. The molecule has 1 aliphatic heterocycles. The lowest BCUT2D eigenvalue weighted by Gasteiger charge is -2.35. The summed E-state index contributed by atoms with van der Waals surface area (Å²) < 4.78 is 1.83. The normalized spacial score (nSPS) is 15.0. The van der Waals surface area contributed by atoms with Gasteiger partial charge in [-0.15, -0.1) is 0 Å². The molecular weight excluding hydrogens is 312 g/mol. The van der Waals surface area contributed by atoms with E-state index in [1.54, 1.807) is 0 Å². The van der Waals surface area contributed by atoms with Crippen molar-refractivity contribution in [2.75, 3.05) is 31.1 Å². The van der Waals surface area contributed by atoms with E-state index in [0.29, 0.717) is 18.8 Å². The largest absolute Gasteiger partial charge is 0.368 e. The summed E-state index contributed by atoms with van der Waals surface area (Å²) in [5, 5.41) is 5.10. The molecule has 1 aromatic carbocycles. The van der Waals surface area contributed by atoms with Gasteiger partial charge in [-0.1, -0.05) is 18.5 Å². The Morgan fingerprint density at radius 1 is 1.13 bits per heavy atom. The van der Waals surface area contributed by atoms with Crippen LogP contribution in [0.5, 0.6) is 0 Å². The van der Waals surface area contributed by atoms with Gasteiger partial charge >= 0.3 is 0 Å². The van der Waals surface area contributed by atoms with Gasteiger partial charge in [-0.05, 0) is 36.8 Å². The number of halogens is 1. The molecule has 1 fully saturated rings. The van der Waals surface area contributed by atoms with Crippen molar-refractivity contribution in [2.24, 2.45) is 0 Å². The zero-order valence-corrected chi connectivity index (χ0v) is 14.0. The highest BCUT2D eigenvalue weighted by atomic mass is 35.5. The van der Waals surface area contributed by atoms with Crippen LogP contribution in [0.4, 0.5) is 5.69 Å². The van der Waals surface area contributed by atoms with Gasteiger partial charge in [0, 0.05) is 49.6 Å². The van der Waals surface area contributed by atoms with Gasteiger partial charge in [0.1, 0.15) is 5.69 Å². The molecule has 2 heterocycles. The minimum atomic E-state index is 0.0237. The summed E-state index contributed by atoms with van der Waals surface area (Å²) in [5.41, 5.74) is 1.69. The number of anilines is 1. The smallest absolute Gasteiger partial charge is 0.274 e. The fraction of sp³-hybridized carbons (Fsp3) is 0.412. The number of benzene rings is 1. The van der Waals surface area contributed by atoms with Crippen molar-refractivity contribution in [1.29, 1.82) is 0 Å². The molecule has 1 aromatic heterocycles. The lowest BCUT2D eigenvalue weighted by molar-refractivity contribution is 0.0740. The zero-order valence-electron chi connectivity index (χ0n) is 13.3. The first-order valence-electron chi connectivity index (χ1n) is 8.00. The van der Waals surface area contributed by atoms with E-state index in [1.165, 1.54) is 0 Å². The first-order chi connectivity index (χ1) is 11.2. The minimum absolute atomic E-state index is 0.0237. The second-order valence-electron chi connectivity index (χ2n) is 5.72. The number of hydrogen-bond donors (Lipinski definition) is 0. The molecule has 1 saturated heterocycles. The van der Waals surface area contributed by atoms with Crippen molar-refractivity contribution in [2.45, 2.75) is 19.9 Å². The first-order valence-corrected chi connectivity index (χ1v) is 8.38. The SMILES string of the molecule is CCCn1ccc(C(=O)N2CCN(c3ccc(Cl)cc3)CC2)n1. The molecule has 0 bridgehead atoms. The summed E-state index contributed by atoms with van der Waals surface area (Å²) in [6.45, 7) is 6.01. The third-order valence-electron chi connectivity index (χ3n) is 4.07. The molecule has 0 radical (unpaired) electrons. The molecule has 2 aromatic rings. The van der Waals surface area contributed by atoms with Gasteiger partial charge in [0.2, 0.25) is 0 Å². The topological polar surface area (TPSA) is 41.4 Å². The van der Waals surface area contributed by atoms with Crippen LogP contribution in [-0.4, -0.2) is 46.8 Å². The zero-order chi connectivity index (χ0) is 16.2. The Morgan fingerprint density at radius 3 is 2.48 bits per heavy atom. The second-order valence-corrected chi connectivity index (χ2v) is 6.16. The van der Waals surface area contributed by atoms with Gasteiger partial charge in [0.15, 0.2) is 0 Å². The van der Waals surface area contributed by atoms with Crippen LogP contribution in [0.3, 0.4) is 0 Å². The van der Waals surface area contributed by atoms with Crippen LogP contribution >= 0.6 is 11.6 Å². The van der Waals surface area contributed by atoms with E-state index in [4.69, 9.17) is 11.6 Å². The highest BCUT2D eigenvalue weighted by molar-refractivity contribution is 6.30. The van der Waals surface area contributed by atoms with Crippen molar-refractivity contribution in [3.63, 3.8) is 0 Å². The van der Waals surface area contributed by atoms with Crippen LogP contribution in [0.15, 0.2) is 36.5 Å². The third kappa shape index (κ3) is 3.67. The Bertz CT molecular complexity index is 659. The van der Waals surface area contributed by atoms with Gasteiger partial charge < -0.3 is 9.80 Å². The average Bonchev–Trinajstić information content (AvgIpc) is 3.04. The molecule has 1 amide bonds. The van der Waals surface area contributed by atoms with E-state index < -0.39 is 0 Å². The Morgan fingerprint density at radius 2 is 1.83 bits per heavy atom. The fourth-order valence-corrected chi connectivity index (χ4v) is 2.94. The molecule has 122 valence electrons. The summed E-state index contributed by atoms with van der Waals surface area (Å²) in [6.07, 6.45) is 2.88. The minimum Gasteiger partial charge on any atom is -0.368 e. The van der Waals surface area contributed by atoms with E-state index in [9.17, 15) is 4.79 Å². The van der Waals surface area contributed by atoms with Crippen LogP contribution in [0.1, 0.15) is 23.8 Å². The molecule has 3 rings (SSSR count). The summed E-state index contributed by atoms with van der Waals surface area (Å²) in [5.74, 6) is 0.0237. The van der Waals surface area contributed by atoms with Crippen molar-refractivity contribution in [3.05, 3.63) is 47.2 Å².